The maximum Gasteiger partial charge on any atom is 0.311 e. The number of ether oxygens (including phenoxy) is 3. The van der Waals surface area contributed by atoms with Crippen LogP contribution in [-0.2, 0) is 17.8 Å². The summed E-state index contributed by atoms with van der Waals surface area (Å²) < 4.78 is 30.2. The molecule has 0 amide bonds. The van der Waals surface area contributed by atoms with E-state index in [1.807, 2.05) is 0 Å². The fourth-order valence-corrected chi connectivity index (χ4v) is 19.1. The van der Waals surface area contributed by atoms with E-state index in [9.17, 15) is 14.9 Å². The first kappa shape index (κ1) is 36.3. The molecule has 1 atom stereocenters. The van der Waals surface area contributed by atoms with Crippen LogP contribution < -0.4 is 9.47 Å². The van der Waals surface area contributed by atoms with Gasteiger partial charge in [0.25, 0.3) is 5.69 Å². The Labute approximate surface area is 244 Å². The van der Waals surface area contributed by atoms with Gasteiger partial charge in [-0.05, 0) is 77.2 Å². The molecule has 0 fully saturated rings. The van der Waals surface area contributed by atoms with Crippen molar-refractivity contribution in [2.24, 2.45) is 0 Å². The van der Waals surface area contributed by atoms with E-state index in [-0.39, 0.29) is 23.6 Å². The monoisotopic (exact) mass is 615 g/mol. The Bertz CT molecular complexity index is 956. The molecule has 1 rings (SSSR count). The van der Waals surface area contributed by atoms with Gasteiger partial charge in [0, 0.05) is 6.42 Å². The quantitative estimate of drug-likeness (QED) is 0.0472. The molecule has 230 valence electrons. The van der Waals surface area contributed by atoms with Gasteiger partial charge in [-0.3, -0.25) is 14.9 Å². The molecule has 0 saturated heterocycles. The summed E-state index contributed by atoms with van der Waals surface area (Å²) in [4.78, 5) is 23.6. The lowest BCUT2D eigenvalue weighted by molar-refractivity contribution is -0.386. The second-order valence-electron chi connectivity index (χ2n) is 12.1. The van der Waals surface area contributed by atoms with Crippen LogP contribution in [0.15, 0.2) is 12.1 Å². The van der Waals surface area contributed by atoms with Gasteiger partial charge in [-0.1, -0.05) is 39.5 Å². The van der Waals surface area contributed by atoms with Gasteiger partial charge in [-0.15, -0.1) is 0 Å². The molecule has 0 aliphatic rings. The highest BCUT2D eigenvalue weighted by Crippen LogP contribution is 2.39. The summed E-state index contributed by atoms with van der Waals surface area (Å²) in [6.07, 6.45) is 5.26. The molecular formula is C28H53NO8Si3. The predicted molar refractivity (Wildman–Crippen MR) is 168 cm³/mol. The average molecular weight is 616 g/mol. The van der Waals surface area contributed by atoms with E-state index in [2.05, 4.69) is 53.1 Å². The van der Waals surface area contributed by atoms with Gasteiger partial charge < -0.3 is 22.4 Å². The number of nitro groups is 1. The standard InChI is InChI=1S/C28H53NO8Si3/c1-11-13-15-17-28(30)35-23(3)24-21-26(33-4)27(22-25(24)29(31)32)34-18-16-20-39(7,8)37-40(9,10)36-38(5,6)19-14-12-2/h21-23H,11-20H2,1-10H3. The Balaban J connectivity index is 2.84. The van der Waals surface area contributed by atoms with Crippen LogP contribution in [-0.4, -0.2) is 49.8 Å². The average Bonchev–Trinajstić information content (AvgIpc) is 2.83. The summed E-state index contributed by atoms with van der Waals surface area (Å²) in [5.74, 6) is 0.289. The van der Waals surface area contributed by atoms with E-state index in [0.29, 0.717) is 18.1 Å². The predicted octanol–water partition coefficient (Wildman–Crippen LogP) is 8.50. The fourth-order valence-electron chi connectivity index (χ4n) is 4.90. The van der Waals surface area contributed by atoms with E-state index in [4.69, 9.17) is 22.4 Å². The van der Waals surface area contributed by atoms with E-state index in [0.717, 1.165) is 37.8 Å². The number of hydrogen-bond acceptors (Lipinski definition) is 8. The molecular weight excluding hydrogens is 563 g/mol. The molecule has 1 unspecified atom stereocenters. The molecule has 0 aromatic heterocycles. The van der Waals surface area contributed by atoms with Crippen molar-refractivity contribution in [3.05, 3.63) is 27.8 Å². The number of rotatable bonds is 20. The Kier molecular flexibility index (Phi) is 15.1. The van der Waals surface area contributed by atoms with Crippen molar-refractivity contribution >= 4 is 36.9 Å². The maximum atomic E-state index is 12.2. The number of carbonyl (C=O) groups is 1. The largest absolute Gasteiger partial charge is 0.493 e. The highest BCUT2D eigenvalue weighted by atomic mass is 28.5. The molecule has 0 aliphatic carbocycles. The third-order valence-corrected chi connectivity index (χ3v) is 18.1. The summed E-state index contributed by atoms with van der Waals surface area (Å²) >= 11 is 0. The highest BCUT2D eigenvalue weighted by Gasteiger charge is 2.39. The van der Waals surface area contributed by atoms with Gasteiger partial charge in [0.2, 0.25) is 0 Å². The third-order valence-electron chi connectivity index (χ3n) is 6.60. The van der Waals surface area contributed by atoms with Crippen molar-refractivity contribution in [3.8, 4) is 11.5 Å². The van der Waals surface area contributed by atoms with Crippen LogP contribution in [0.1, 0.15) is 77.4 Å². The molecule has 0 N–H and O–H groups in total. The molecule has 0 aliphatic heterocycles. The molecule has 0 spiro atoms. The molecule has 9 nitrogen and oxygen atoms in total. The van der Waals surface area contributed by atoms with Crippen molar-refractivity contribution in [1.82, 2.24) is 0 Å². The highest BCUT2D eigenvalue weighted by molar-refractivity contribution is 6.87. The van der Waals surface area contributed by atoms with Crippen molar-refractivity contribution in [2.75, 3.05) is 13.7 Å². The van der Waals surface area contributed by atoms with Crippen LogP contribution in [0.4, 0.5) is 5.69 Å². The number of methoxy groups -OCH3 is 1. The molecule has 1 aromatic carbocycles. The minimum absolute atomic E-state index is 0.164. The topological polar surface area (TPSA) is 106 Å². The van der Waals surface area contributed by atoms with Gasteiger partial charge >= 0.3 is 14.5 Å². The maximum absolute atomic E-state index is 12.2. The number of benzene rings is 1. The van der Waals surface area contributed by atoms with Crippen LogP contribution >= 0.6 is 0 Å². The number of esters is 1. The molecule has 0 radical (unpaired) electrons. The first-order chi connectivity index (χ1) is 18.6. The van der Waals surface area contributed by atoms with Gasteiger partial charge in [0.05, 0.1) is 30.3 Å². The Morgan fingerprint density at radius 2 is 1.48 bits per heavy atom. The van der Waals surface area contributed by atoms with Crippen molar-refractivity contribution in [3.63, 3.8) is 0 Å². The van der Waals surface area contributed by atoms with Crippen molar-refractivity contribution in [2.45, 2.75) is 123 Å². The van der Waals surface area contributed by atoms with Crippen molar-refractivity contribution < 1.29 is 32.2 Å². The SMILES string of the molecule is CCCCCC(=O)OC(C)c1cc(OC)c(OCCC[Si](C)(C)O[Si](C)(C)O[Si](C)(C)CCCC)cc1[N+](=O)[O-]. The lowest BCUT2D eigenvalue weighted by Crippen LogP contribution is -2.52. The Hall–Kier alpha value is -1.74. The third kappa shape index (κ3) is 13.3. The van der Waals surface area contributed by atoms with Crippen LogP contribution in [0.5, 0.6) is 11.5 Å². The summed E-state index contributed by atoms with van der Waals surface area (Å²) in [6, 6.07) is 4.92. The smallest absolute Gasteiger partial charge is 0.311 e. The van der Waals surface area contributed by atoms with Crippen LogP contribution in [0.2, 0.25) is 51.4 Å². The molecule has 0 bridgehead atoms. The molecule has 1 aromatic rings. The van der Waals surface area contributed by atoms with Gasteiger partial charge in [0.1, 0.15) is 6.10 Å². The van der Waals surface area contributed by atoms with E-state index in [1.165, 1.54) is 32.1 Å². The molecule has 0 saturated carbocycles. The Morgan fingerprint density at radius 3 is 2.00 bits per heavy atom. The lowest BCUT2D eigenvalue weighted by atomic mass is 10.1. The minimum Gasteiger partial charge on any atom is -0.493 e. The summed E-state index contributed by atoms with van der Waals surface area (Å²) in [7, 11) is -4.56. The number of nitrogens with zero attached hydrogens (tertiary/aromatic N) is 1. The number of nitro benzene ring substituents is 1. The van der Waals surface area contributed by atoms with E-state index in [1.54, 1.807) is 6.92 Å². The minimum atomic E-state index is -2.27. The lowest BCUT2D eigenvalue weighted by Gasteiger charge is -2.38. The summed E-state index contributed by atoms with van der Waals surface area (Å²) in [5.41, 5.74) is 0.111. The molecule has 12 heteroatoms. The van der Waals surface area contributed by atoms with Crippen LogP contribution in [0.25, 0.3) is 0 Å². The van der Waals surface area contributed by atoms with E-state index >= 15 is 0 Å². The second kappa shape index (κ2) is 16.6. The van der Waals surface area contributed by atoms with Crippen LogP contribution in [0.3, 0.4) is 0 Å². The second-order valence-corrected chi connectivity index (χ2v) is 24.6. The number of carbonyl (C=O) groups excluding carboxylic acids is 1. The first-order valence-corrected chi connectivity index (χ1v) is 23.7. The van der Waals surface area contributed by atoms with Gasteiger partial charge in [0.15, 0.2) is 28.1 Å². The number of hydrogen-bond donors (Lipinski definition) is 0. The summed E-state index contributed by atoms with van der Waals surface area (Å²) in [6.45, 7) is 19.5. The van der Waals surface area contributed by atoms with Crippen LogP contribution in [0, 0.1) is 10.1 Å². The van der Waals surface area contributed by atoms with Crippen molar-refractivity contribution in [1.29, 1.82) is 0 Å². The zero-order valence-corrected chi connectivity index (χ0v) is 29.5. The molecule has 0 heterocycles. The zero-order chi connectivity index (χ0) is 30.6. The fraction of sp³-hybridized carbons (Fsp3) is 0.750. The van der Waals surface area contributed by atoms with E-state index < -0.39 is 36.2 Å². The summed E-state index contributed by atoms with van der Waals surface area (Å²) in [5, 5.41) is 11.9. The normalized spacial score (nSPS) is 13.2. The van der Waals surface area contributed by atoms with Gasteiger partial charge in [-0.25, -0.2) is 0 Å². The van der Waals surface area contributed by atoms with Gasteiger partial charge in [-0.2, -0.15) is 0 Å². The number of unbranched alkanes of at least 4 members (excludes halogenated alkanes) is 3. The molecule has 40 heavy (non-hydrogen) atoms. The zero-order valence-electron chi connectivity index (χ0n) is 26.5. The first-order valence-electron chi connectivity index (χ1n) is 14.6. The Morgan fingerprint density at radius 1 is 0.900 bits per heavy atom.